The lowest BCUT2D eigenvalue weighted by Crippen LogP contribution is -1.94. The third-order valence-corrected chi connectivity index (χ3v) is 5.14. The van der Waals surface area contributed by atoms with Crippen LogP contribution in [0.15, 0.2) is 23.1 Å². The summed E-state index contributed by atoms with van der Waals surface area (Å²) in [7, 11) is -2.21. The summed E-state index contributed by atoms with van der Waals surface area (Å²) >= 11 is 0. The average Bonchev–Trinajstić information content (AvgIpc) is 2.41. The molecule has 0 fully saturated rings. The molecule has 1 rings (SSSR count). The van der Waals surface area contributed by atoms with Gasteiger partial charge in [-0.2, -0.15) is 0 Å². The molecule has 0 spiro atoms. The Labute approximate surface area is 132 Å². The van der Waals surface area contributed by atoms with Crippen LogP contribution in [-0.2, 0) is 9.09 Å². The molecule has 0 radical (unpaired) electrons. The molecule has 1 aromatic carbocycles. The fourth-order valence-electron chi connectivity index (χ4n) is 1.24. The van der Waals surface area contributed by atoms with Gasteiger partial charge in [0.1, 0.15) is 0 Å². The van der Waals surface area contributed by atoms with Crippen LogP contribution in [0.25, 0.3) is 0 Å². The lowest BCUT2D eigenvalue weighted by Gasteiger charge is -2.05. The quantitative estimate of drug-likeness (QED) is 0.218. The van der Waals surface area contributed by atoms with E-state index in [0.29, 0.717) is 12.2 Å². The van der Waals surface area contributed by atoms with Gasteiger partial charge < -0.3 is 9.79 Å². The molecule has 0 amide bonds. The lowest BCUT2D eigenvalue weighted by molar-refractivity contribution is -0.396. The fourth-order valence-corrected chi connectivity index (χ4v) is 3.80. The Bertz CT molecular complexity index is 607. The maximum absolute atomic E-state index is 10.9. The van der Waals surface area contributed by atoms with E-state index < -0.39 is 17.7 Å². The summed E-state index contributed by atoms with van der Waals surface area (Å²) in [6, 6.07) is 3.35. The van der Waals surface area contributed by atoms with Crippen LogP contribution in [0.1, 0.15) is 6.42 Å². The average molecular weight is 370 g/mol. The van der Waals surface area contributed by atoms with E-state index in [0.717, 1.165) is 16.9 Å². The molecular weight excluding hydrogens is 359 g/mol. The van der Waals surface area contributed by atoms with Gasteiger partial charge in [-0.25, -0.2) is 4.57 Å². The third kappa shape index (κ3) is 6.73. The zero-order chi connectivity index (χ0) is 16.8. The van der Waals surface area contributed by atoms with Gasteiger partial charge in [-0.05, 0) is 12.5 Å². The van der Waals surface area contributed by atoms with Crippen molar-refractivity contribution >= 4 is 40.8 Å². The Morgan fingerprint density at radius 1 is 1.23 bits per heavy atom. The van der Waals surface area contributed by atoms with Crippen molar-refractivity contribution in [2.24, 2.45) is 0 Å². The van der Waals surface area contributed by atoms with Crippen molar-refractivity contribution in [2.45, 2.75) is 11.3 Å². The first-order valence-electron chi connectivity index (χ1n) is 5.63. The molecule has 0 aliphatic carbocycles. The van der Waals surface area contributed by atoms with Crippen LogP contribution >= 0.6 is 29.4 Å². The van der Waals surface area contributed by atoms with Crippen LogP contribution in [0.5, 0.6) is 0 Å². The van der Waals surface area contributed by atoms with Gasteiger partial charge in [-0.1, -0.05) is 21.6 Å². The molecule has 0 unspecified atom stereocenters. The molecule has 0 aromatic heterocycles. The van der Waals surface area contributed by atoms with Gasteiger partial charge in [0, 0.05) is 11.8 Å². The molecule has 1 aromatic rings. The number of non-ortho nitro benzene ring substituents is 1. The number of phosphoric ester groups is 1. The van der Waals surface area contributed by atoms with Gasteiger partial charge in [0.05, 0.1) is 27.4 Å². The van der Waals surface area contributed by atoms with Crippen LogP contribution < -0.4 is 0 Å². The minimum Gasteiger partial charge on any atom is -0.303 e. The number of nitro groups is 2. The molecule has 0 aliphatic heterocycles. The molecule has 0 saturated carbocycles. The van der Waals surface area contributed by atoms with Crippen molar-refractivity contribution in [1.29, 1.82) is 0 Å². The summed E-state index contributed by atoms with van der Waals surface area (Å²) in [4.78, 5) is 37.3. The second-order valence-corrected chi connectivity index (χ2v) is 7.45. The molecule has 0 atom stereocenters. The highest BCUT2D eigenvalue weighted by Gasteiger charge is 2.20. The van der Waals surface area contributed by atoms with E-state index in [9.17, 15) is 24.8 Å². The Hall–Kier alpha value is -1.17. The van der Waals surface area contributed by atoms with Crippen molar-refractivity contribution in [3.05, 3.63) is 38.4 Å². The van der Waals surface area contributed by atoms with Gasteiger partial charge in [-0.15, -0.1) is 0 Å². The van der Waals surface area contributed by atoms with Crippen molar-refractivity contribution in [2.75, 3.05) is 12.4 Å². The third-order valence-electron chi connectivity index (χ3n) is 2.13. The molecule has 122 valence electrons. The highest BCUT2D eigenvalue weighted by Crippen LogP contribution is 2.40. The summed E-state index contributed by atoms with van der Waals surface area (Å²) in [6.07, 6.45) is 0.337. The smallest absolute Gasteiger partial charge is 0.303 e. The van der Waals surface area contributed by atoms with Gasteiger partial charge in [0.2, 0.25) is 0 Å². The van der Waals surface area contributed by atoms with Gasteiger partial charge in [0.15, 0.2) is 0 Å². The Kier molecular flexibility index (Phi) is 7.26. The minimum atomic E-state index is -4.48. The monoisotopic (exact) mass is 370 g/mol. The summed E-state index contributed by atoms with van der Waals surface area (Å²) in [6.45, 7) is -0.139. The SMILES string of the molecule is O=[N+]([O-])c1ccc(SSCCCOP(=O)(O)O)c([N+](=O)[O-])c1. The zero-order valence-corrected chi connectivity index (χ0v) is 13.4. The first-order chi connectivity index (χ1) is 10.2. The Morgan fingerprint density at radius 2 is 1.91 bits per heavy atom. The van der Waals surface area contributed by atoms with Gasteiger partial charge in [0.25, 0.3) is 11.4 Å². The van der Waals surface area contributed by atoms with Crippen LogP contribution in [0.2, 0.25) is 0 Å². The summed E-state index contributed by atoms with van der Waals surface area (Å²) in [5, 5.41) is 21.5. The van der Waals surface area contributed by atoms with Crippen molar-refractivity contribution < 1.29 is 28.7 Å². The number of nitro benzene ring substituents is 2. The maximum Gasteiger partial charge on any atom is 0.469 e. The predicted molar refractivity (Wildman–Crippen MR) is 80.7 cm³/mol. The highest BCUT2D eigenvalue weighted by atomic mass is 33.1. The first kappa shape index (κ1) is 18.9. The van der Waals surface area contributed by atoms with E-state index in [4.69, 9.17) is 9.79 Å². The van der Waals surface area contributed by atoms with Crippen LogP contribution in [0.4, 0.5) is 11.4 Å². The largest absolute Gasteiger partial charge is 0.469 e. The topological polar surface area (TPSA) is 153 Å². The summed E-state index contributed by atoms with van der Waals surface area (Å²) in [5.41, 5.74) is -0.728. The second-order valence-electron chi connectivity index (χ2n) is 3.75. The van der Waals surface area contributed by atoms with Crippen LogP contribution in [0, 0.1) is 20.2 Å². The molecule has 2 N–H and O–H groups in total. The molecule has 10 nitrogen and oxygen atoms in total. The van der Waals surface area contributed by atoms with E-state index >= 15 is 0 Å². The van der Waals surface area contributed by atoms with Crippen molar-refractivity contribution in [3.63, 3.8) is 0 Å². The maximum atomic E-state index is 10.9. The Balaban J connectivity index is 2.54. The zero-order valence-electron chi connectivity index (χ0n) is 10.9. The van der Waals surface area contributed by atoms with E-state index in [1.54, 1.807) is 0 Å². The second kappa shape index (κ2) is 8.46. The predicted octanol–water partition coefficient (Wildman–Crippen LogP) is 2.74. The van der Waals surface area contributed by atoms with E-state index in [2.05, 4.69) is 4.52 Å². The molecule has 0 saturated heterocycles. The van der Waals surface area contributed by atoms with Crippen LogP contribution in [0.3, 0.4) is 0 Å². The fraction of sp³-hybridized carbons (Fsp3) is 0.333. The number of rotatable bonds is 9. The van der Waals surface area contributed by atoms with Gasteiger partial charge >= 0.3 is 7.82 Å². The summed E-state index contributed by atoms with van der Waals surface area (Å²) in [5.74, 6) is 0.429. The van der Waals surface area contributed by atoms with E-state index in [1.165, 1.54) is 22.9 Å². The lowest BCUT2D eigenvalue weighted by atomic mass is 10.3. The highest BCUT2D eigenvalue weighted by molar-refractivity contribution is 8.76. The molecule has 0 bridgehead atoms. The number of hydrogen-bond acceptors (Lipinski definition) is 8. The van der Waals surface area contributed by atoms with Gasteiger partial charge in [-0.3, -0.25) is 24.8 Å². The molecule has 0 heterocycles. The summed E-state index contributed by atoms with van der Waals surface area (Å²) < 4.78 is 14.7. The molecule has 13 heteroatoms. The number of hydrogen-bond donors (Lipinski definition) is 2. The normalized spacial score (nSPS) is 11.4. The minimum absolute atomic E-state index is 0.139. The molecule has 0 aliphatic rings. The van der Waals surface area contributed by atoms with Crippen molar-refractivity contribution in [1.82, 2.24) is 0 Å². The molecule has 22 heavy (non-hydrogen) atoms. The number of nitrogens with zero attached hydrogens (tertiary/aromatic N) is 2. The number of phosphoric acid groups is 1. The first-order valence-corrected chi connectivity index (χ1v) is 9.48. The van der Waals surface area contributed by atoms with E-state index in [1.807, 2.05) is 0 Å². The van der Waals surface area contributed by atoms with E-state index in [-0.39, 0.29) is 22.9 Å². The van der Waals surface area contributed by atoms with Crippen molar-refractivity contribution in [3.8, 4) is 0 Å². The number of benzene rings is 1. The Morgan fingerprint density at radius 3 is 2.45 bits per heavy atom. The molecular formula is C9H11N2O8PS2. The standard InChI is InChI=1S/C9H11N2O8PS2/c12-10(13)7-2-3-9(8(6-7)11(14)15)22-21-5-1-4-19-20(16,17)18/h2-3,6H,1,4-5H2,(H2,16,17,18). The van der Waals surface area contributed by atoms with Crippen LogP contribution in [-0.4, -0.2) is 32.0 Å².